The van der Waals surface area contributed by atoms with Gasteiger partial charge in [-0.1, -0.05) is 60.4 Å². The number of hydrogen-bond donors (Lipinski definition) is 3. The van der Waals surface area contributed by atoms with Gasteiger partial charge in [-0.3, -0.25) is 0 Å². The molecule has 0 saturated carbocycles. The van der Waals surface area contributed by atoms with E-state index in [-0.39, 0.29) is 12.2 Å². The second-order valence-corrected chi connectivity index (χ2v) is 6.21. The summed E-state index contributed by atoms with van der Waals surface area (Å²) in [5, 5.41) is 21.9. The van der Waals surface area contributed by atoms with Crippen LogP contribution in [0.5, 0.6) is 0 Å². The summed E-state index contributed by atoms with van der Waals surface area (Å²) in [6, 6.07) is 22.4. The summed E-state index contributed by atoms with van der Waals surface area (Å²) in [5.74, 6) is 5.27. The van der Waals surface area contributed by atoms with E-state index in [1.807, 2.05) is 60.7 Å². The summed E-state index contributed by atoms with van der Waals surface area (Å²) in [6.45, 7) is 1.04. The van der Waals surface area contributed by atoms with Crippen LogP contribution in [0.15, 0.2) is 72.8 Å². The Kier molecular flexibility index (Phi) is 6.59. The highest BCUT2D eigenvalue weighted by molar-refractivity contribution is 5.98. The molecule has 140 valence electrons. The fourth-order valence-electron chi connectivity index (χ4n) is 3.01. The van der Waals surface area contributed by atoms with Crippen LogP contribution in [0.1, 0.15) is 27.0 Å². The molecule has 0 saturated heterocycles. The molecular formula is C24H21NO3. The van der Waals surface area contributed by atoms with Crippen LogP contribution in [0.3, 0.4) is 0 Å². The van der Waals surface area contributed by atoms with Crippen molar-refractivity contribution < 1.29 is 15.0 Å². The fourth-order valence-corrected chi connectivity index (χ4v) is 3.01. The second-order valence-electron chi connectivity index (χ2n) is 6.21. The van der Waals surface area contributed by atoms with Crippen molar-refractivity contribution in [3.8, 4) is 23.0 Å². The first-order valence-electron chi connectivity index (χ1n) is 9.04. The van der Waals surface area contributed by atoms with E-state index < -0.39 is 5.97 Å². The van der Waals surface area contributed by atoms with E-state index in [9.17, 15) is 9.90 Å². The van der Waals surface area contributed by atoms with Crippen LogP contribution < -0.4 is 5.32 Å². The zero-order valence-electron chi connectivity index (χ0n) is 15.4. The van der Waals surface area contributed by atoms with Crippen molar-refractivity contribution in [2.75, 3.05) is 13.2 Å². The predicted molar refractivity (Wildman–Crippen MR) is 110 cm³/mol. The molecule has 0 aliphatic carbocycles. The van der Waals surface area contributed by atoms with Gasteiger partial charge >= 0.3 is 5.97 Å². The molecule has 4 heteroatoms. The number of carbonyl (C=O) groups is 1. The Hall–Kier alpha value is -3.39. The molecule has 3 rings (SSSR count). The summed E-state index contributed by atoms with van der Waals surface area (Å²) in [4.78, 5) is 11.9. The van der Waals surface area contributed by atoms with Gasteiger partial charge in [0.2, 0.25) is 0 Å². The Morgan fingerprint density at radius 2 is 1.64 bits per heavy atom. The Morgan fingerprint density at radius 1 is 0.893 bits per heavy atom. The highest BCUT2D eigenvalue weighted by Gasteiger charge is 2.17. The van der Waals surface area contributed by atoms with Crippen molar-refractivity contribution in [3.63, 3.8) is 0 Å². The van der Waals surface area contributed by atoms with Gasteiger partial charge in [-0.25, -0.2) is 4.79 Å². The molecular weight excluding hydrogens is 350 g/mol. The third-order valence-corrected chi connectivity index (χ3v) is 4.30. The first kappa shape index (κ1) is 19.4. The molecule has 0 fully saturated rings. The maximum Gasteiger partial charge on any atom is 0.336 e. The number of benzene rings is 3. The van der Waals surface area contributed by atoms with Gasteiger partial charge in [-0.15, -0.1) is 0 Å². The number of carboxylic acids is 1. The van der Waals surface area contributed by atoms with Crippen LogP contribution in [-0.2, 0) is 6.54 Å². The monoisotopic (exact) mass is 371 g/mol. The molecule has 3 N–H and O–H groups in total. The van der Waals surface area contributed by atoms with Crippen LogP contribution in [0.25, 0.3) is 11.1 Å². The van der Waals surface area contributed by atoms with Crippen molar-refractivity contribution >= 4 is 5.97 Å². The molecule has 4 nitrogen and oxygen atoms in total. The molecule has 0 radical (unpaired) electrons. The number of rotatable bonds is 6. The van der Waals surface area contributed by atoms with E-state index in [1.54, 1.807) is 12.1 Å². The van der Waals surface area contributed by atoms with E-state index in [2.05, 4.69) is 17.2 Å². The number of aliphatic hydroxyl groups excluding tert-OH is 1. The molecule has 0 spiro atoms. The predicted octanol–water partition coefficient (Wildman–Crippen LogP) is 3.53. The Labute approximate surface area is 164 Å². The Morgan fingerprint density at radius 3 is 2.39 bits per heavy atom. The van der Waals surface area contributed by atoms with E-state index >= 15 is 0 Å². The Balaban J connectivity index is 2.12. The normalized spacial score (nSPS) is 10.2. The van der Waals surface area contributed by atoms with Gasteiger partial charge < -0.3 is 15.5 Å². The maximum absolute atomic E-state index is 11.9. The minimum absolute atomic E-state index is 0.0433. The van der Waals surface area contributed by atoms with Gasteiger partial charge in [0.15, 0.2) is 0 Å². The van der Waals surface area contributed by atoms with Crippen LogP contribution in [-0.4, -0.2) is 29.3 Å². The van der Waals surface area contributed by atoms with E-state index in [1.165, 1.54) is 0 Å². The lowest BCUT2D eigenvalue weighted by molar-refractivity contribution is 0.0697. The standard InChI is InChI=1S/C24H21NO3/c26-16-15-25-17-20-9-4-5-11-21(20)23-19(10-6-12-22(23)24(27)28)14-13-18-7-2-1-3-8-18/h1-12,25-26H,15-17H2,(H,27,28). The summed E-state index contributed by atoms with van der Waals surface area (Å²) in [5.41, 5.74) is 4.13. The molecule has 0 aromatic heterocycles. The molecule has 0 atom stereocenters. The fraction of sp³-hybridized carbons (Fsp3) is 0.125. The third kappa shape index (κ3) is 4.66. The second kappa shape index (κ2) is 9.52. The minimum atomic E-state index is -0.989. The molecule has 0 aliphatic rings. The number of aromatic carboxylic acids is 1. The lowest BCUT2D eigenvalue weighted by Gasteiger charge is -2.14. The first-order valence-corrected chi connectivity index (χ1v) is 9.04. The summed E-state index contributed by atoms with van der Waals surface area (Å²) in [6.07, 6.45) is 0. The molecule has 3 aromatic rings. The molecule has 0 bridgehead atoms. The SMILES string of the molecule is O=C(O)c1cccc(C#Cc2ccccc2)c1-c1ccccc1CNCCO. The van der Waals surface area contributed by atoms with E-state index in [0.717, 1.165) is 16.7 Å². The zero-order chi connectivity index (χ0) is 19.8. The van der Waals surface area contributed by atoms with Crippen molar-refractivity contribution in [1.82, 2.24) is 5.32 Å². The average molecular weight is 371 g/mol. The molecule has 0 unspecified atom stereocenters. The van der Waals surface area contributed by atoms with Crippen molar-refractivity contribution in [1.29, 1.82) is 0 Å². The van der Waals surface area contributed by atoms with E-state index in [4.69, 9.17) is 5.11 Å². The van der Waals surface area contributed by atoms with Crippen LogP contribution in [0.4, 0.5) is 0 Å². The zero-order valence-corrected chi connectivity index (χ0v) is 15.4. The van der Waals surface area contributed by atoms with Gasteiger partial charge in [-0.05, 0) is 35.4 Å². The summed E-state index contributed by atoms with van der Waals surface area (Å²) in [7, 11) is 0. The van der Waals surface area contributed by atoms with Crippen molar-refractivity contribution in [2.24, 2.45) is 0 Å². The highest BCUT2D eigenvalue weighted by atomic mass is 16.4. The highest BCUT2D eigenvalue weighted by Crippen LogP contribution is 2.31. The van der Waals surface area contributed by atoms with Gasteiger partial charge in [-0.2, -0.15) is 0 Å². The quantitative estimate of drug-likeness (QED) is 0.458. The topological polar surface area (TPSA) is 69.6 Å². The van der Waals surface area contributed by atoms with Crippen LogP contribution in [0.2, 0.25) is 0 Å². The summed E-state index contributed by atoms with van der Waals surface area (Å²) >= 11 is 0. The lowest BCUT2D eigenvalue weighted by atomic mass is 9.91. The number of nitrogens with one attached hydrogen (secondary N) is 1. The Bertz CT molecular complexity index is 1020. The van der Waals surface area contributed by atoms with Gasteiger partial charge in [0.05, 0.1) is 12.2 Å². The van der Waals surface area contributed by atoms with Gasteiger partial charge in [0.25, 0.3) is 0 Å². The van der Waals surface area contributed by atoms with Crippen LogP contribution in [0, 0.1) is 11.8 Å². The molecule has 3 aromatic carbocycles. The lowest BCUT2D eigenvalue weighted by Crippen LogP contribution is -2.18. The van der Waals surface area contributed by atoms with Gasteiger partial charge in [0.1, 0.15) is 0 Å². The van der Waals surface area contributed by atoms with Crippen molar-refractivity contribution in [3.05, 3.63) is 95.1 Å². The average Bonchev–Trinajstić information content (AvgIpc) is 2.73. The summed E-state index contributed by atoms with van der Waals surface area (Å²) < 4.78 is 0. The van der Waals surface area contributed by atoms with E-state index in [0.29, 0.717) is 24.2 Å². The van der Waals surface area contributed by atoms with Gasteiger partial charge in [0, 0.05) is 29.8 Å². The largest absolute Gasteiger partial charge is 0.478 e. The number of hydrogen-bond acceptors (Lipinski definition) is 3. The third-order valence-electron chi connectivity index (χ3n) is 4.30. The molecule has 0 aliphatic heterocycles. The number of carboxylic acid groups (broad SMARTS) is 1. The smallest absolute Gasteiger partial charge is 0.336 e. The molecule has 0 heterocycles. The number of aliphatic hydroxyl groups is 1. The first-order chi connectivity index (χ1) is 13.7. The molecule has 28 heavy (non-hydrogen) atoms. The maximum atomic E-state index is 11.9. The molecule has 0 amide bonds. The minimum Gasteiger partial charge on any atom is -0.478 e. The van der Waals surface area contributed by atoms with Crippen molar-refractivity contribution in [2.45, 2.75) is 6.54 Å². The van der Waals surface area contributed by atoms with Crippen LogP contribution >= 0.6 is 0 Å².